The largest absolute Gasteiger partial charge is 0.478 e. The second-order valence-corrected chi connectivity index (χ2v) is 4.60. The number of aromatic carboxylic acids is 1. The van der Waals surface area contributed by atoms with Crippen LogP contribution in [0.15, 0.2) is 18.2 Å². The van der Waals surface area contributed by atoms with Crippen molar-refractivity contribution in [3.8, 4) is 0 Å². The van der Waals surface area contributed by atoms with Crippen molar-refractivity contribution in [3.05, 3.63) is 29.3 Å². The molecule has 1 amide bonds. The molecule has 0 heterocycles. The van der Waals surface area contributed by atoms with Crippen LogP contribution in [0.1, 0.15) is 29.8 Å². The highest BCUT2D eigenvalue weighted by Gasteiger charge is 2.19. The third-order valence-electron chi connectivity index (χ3n) is 2.76. The van der Waals surface area contributed by atoms with Gasteiger partial charge in [0, 0.05) is 5.69 Å². The number of amides is 1. The highest BCUT2D eigenvalue weighted by atomic mass is 16.4. The zero-order valence-electron chi connectivity index (χ0n) is 10.7. The summed E-state index contributed by atoms with van der Waals surface area (Å²) in [4.78, 5) is 22.1. The van der Waals surface area contributed by atoms with Crippen LogP contribution >= 0.6 is 0 Å². The molecule has 4 N–H and O–H groups in total. The van der Waals surface area contributed by atoms with Crippen molar-refractivity contribution in [1.82, 2.24) is 0 Å². The zero-order valence-corrected chi connectivity index (χ0v) is 10.7. The Hall–Kier alpha value is -2.04. The van der Waals surface area contributed by atoms with Gasteiger partial charge >= 0.3 is 5.97 Å². The Morgan fingerprint density at radius 2 is 1.94 bits per heavy atom. The Bertz CT molecular complexity index is 469. The average molecular weight is 250 g/mol. The number of hydrogen-bond donors (Lipinski definition) is 3. The monoisotopic (exact) mass is 250 g/mol. The summed E-state index contributed by atoms with van der Waals surface area (Å²) in [5.74, 6) is -1.34. The molecule has 5 heteroatoms. The maximum atomic E-state index is 11.3. The number of nitrogens with two attached hydrogens (primary N) is 1. The first-order valence-electron chi connectivity index (χ1n) is 5.72. The van der Waals surface area contributed by atoms with Gasteiger partial charge in [0.2, 0.25) is 5.91 Å². The van der Waals surface area contributed by atoms with E-state index in [2.05, 4.69) is 5.32 Å². The Morgan fingerprint density at radius 1 is 1.33 bits per heavy atom. The summed E-state index contributed by atoms with van der Waals surface area (Å²) >= 11 is 0. The molecule has 0 aliphatic carbocycles. The lowest BCUT2D eigenvalue weighted by atomic mass is 10.0. The van der Waals surface area contributed by atoms with E-state index in [9.17, 15) is 9.59 Å². The van der Waals surface area contributed by atoms with Crippen LogP contribution in [0.5, 0.6) is 0 Å². The summed E-state index contributed by atoms with van der Waals surface area (Å²) < 4.78 is 0. The maximum absolute atomic E-state index is 11.3. The topological polar surface area (TPSA) is 92.4 Å². The smallest absolute Gasteiger partial charge is 0.335 e. The van der Waals surface area contributed by atoms with E-state index in [4.69, 9.17) is 10.8 Å². The number of benzene rings is 1. The second-order valence-electron chi connectivity index (χ2n) is 4.60. The van der Waals surface area contributed by atoms with Gasteiger partial charge in [-0.15, -0.1) is 0 Å². The lowest BCUT2D eigenvalue weighted by molar-refractivity contribution is -0.119. The fourth-order valence-electron chi connectivity index (χ4n) is 1.69. The number of hydrogen-bond acceptors (Lipinski definition) is 3. The minimum Gasteiger partial charge on any atom is -0.478 e. The molecule has 0 saturated heterocycles. The molecule has 1 unspecified atom stereocenters. The van der Waals surface area contributed by atoms with Crippen LogP contribution in [-0.2, 0) is 4.79 Å². The Kier molecular flexibility index (Phi) is 4.31. The number of carboxylic acid groups (broad SMARTS) is 1. The van der Waals surface area contributed by atoms with Crippen LogP contribution in [0.25, 0.3) is 0 Å². The van der Waals surface area contributed by atoms with Crippen molar-refractivity contribution in [1.29, 1.82) is 0 Å². The van der Waals surface area contributed by atoms with Crippen molar-refractivity contribution < 1.29 is 14.7 Å². The fraction of sp³-hybridized carbons (Fsp3) is 0.385. The first-order chi connectivity index (χ1) is 8.32. The van der Waals surface area contributed by atoms with Crippen molar-refractivity contribution in [2.75, 3.05) is 5.32 Å². The molecule has 0 bridgehead atoms. The third kappa shape index (κ3) is 3.23. The van der Waals surface area contributed by atoms with Crippen molar-refractivity contribution in [2.24, 2.45) is 11.7 Å². The van der Waals surface area contributed by atoms with Gasteiger partial charge in [0.15, 0.2) is 0 Å². The lowest BCUT2D eigenvalue weighted by Gasteiger charge is -2.21. The van der Waals surface area contributed by atoms with Gasteiger partial charge in [0.1, 0.15) is 6.04 Å². The van der Waals surface area contributed by atoms with E-state index >= 15 is 0 Å². The Balaban J connectivity index is 2.97. The number of primary amides is 1. The summed E-state index contributed by atoms with van der Waals surface area (Å²) in [6.45, 7) is 5.57. The molecule has 1 aromatic rings. The van der Waals surface area contributed by atoms with Gasteiger partial charge in [-0.1, -0.05) is 13.8 Å². The van der Waals surface area contributed by atoms with Gasteiger partial charge in [-0.3, -0.25) is 4.79 Å². The van der Waals surface area contributed by atoms with E-state index in [1.807, 2.05) is 13.8 Å². The van der Waals surface area contributed by atoms with Crippen LogP contribution in [-0.4, -0.2) is 23.0 Å². The number of carbonyl (C=O) groups excluding carboxylic acids is 1. The van der Waals surface area contributed by atoms with Crippen molar-refractivity contribution in [2.45, 2.75) is 26.8 Å². The zero-order chi connectivity index (χ0) is 13.9. The summed E-state index contributed by atoms with van der Waals surface area (Å²) in [5.41, 5.74) is 7.02. The Labute approximate surface area is 106 Å². The van der Waals surface area contributed by atoms with E-state index in [1.165, 1.54) is 6.07 Å². The summed E-state index contributed by atoms with van der Waals surface area (Å²) in [5, 5.41) is 11.9. The molecule has 1 aromatic carbocycles. The van der Waals surface area contributed by atoms with E-state index in [0.29, 0.717) is 0 Å². The first-order valence-corrected chi connectivity index (χ1v) is 5.72. The number of carboxylic acids is 1. The normalized spacial score (nSPS) is 12.2. The third-order valence-corrected chi connectivity index (χ3v) is 2.76. The maximum Gasteiger partial charge on any atom is 0.335 e. The predicted octanol–water partition coefficient (Wildman–Crippen LogP) is 1.62. The molecule has 0 saturated carbocycles. The molecule has 5 nitrogen and oxygen atoms in total. The lowest BCUT2D eigenvalue weighted by Crippen LogP contribution is -2.39. The minimum absolute atomic E-state index is 0.0565. The van der Waals surface area contributed by atoms with E-state index < -0.39 is 17.9 Å². The molecular formula is C13H18N2O3. The molecule has 1 atom stereocenters. The fourth-order valence-corrected chi connectivity index (χ4v) is 1.69. The number of carbonyl (C=O) groups is 2. The van der Waals surface area contributed by atoms with Crippen LogP contribution < -0.4 is 11.1 Å². The number of nitrogens with one attached hydrogen (secondary N) is 1. The van der Waals surface area contributed by atoms with Crippen LogP contribution in [0, 0.1) is 12.8 Å². The van der Waals surface area contributed by atoms with E-state index in [-0.39, 0.29) is 11.5 Å². The molecule has 0 fully saturated rings. The minimum atomic E-state index is -0.972. The quantitative estimate of drug-likeness (QED) is 0.740. The van der Waals surface area contributed by atoms with Gasteiger partial charge in [-0.2, -0.15) is 0 Å². The highest BCUT2D eigenvalue weighted by molar-refractivity contribution is 5.89. The number of aryl methyl sites for hydroxylation is 1. The molecular weight excluding hydrogens is 232 g/mol. The van der Waals surface area contributed by atoms with Gasteiger partial charge in [-0.05, 0) is 36.6 Å². The van der Waals surface area contributed by atoms with Crippen molar-refractivity contribution in [3.63, 3.8) is 0 Å². The van der Waals surface area contributed by atoms with Crippen LogP contribution in [0.2, 0.25) is 0 Å². The van der Waals surface area contributed by atoms with Gasteiger partial charge < -0.3 is 16.2 Å². The first kappa shape index (κ1) is 14.0. The molecule has 0 spiro atoms. The molecule has 0 aromatic heterocycles. The van der Waals surface area contributed by atoms with Crippen molar-refractivity contribution >= 4 is 17.6 Å². The SMILES string of the molecule is Cc1cc(C(=O)O)ccc1NC(C(N)=O)C(C)C. The second kappa shape index (κ2) is 5.53. The van der Waals surface area contributed by atoms with Gasteiger partial charge in [0.25, 0.3) is 0 Å². The molecule has 0 aliphatic heterocycles. The molecule has 1 rings (SSSR count). The van der Waals surface area contributed by atoms with E-state index in [1.54, 1.807) is 19.1 Å². The molecule has 18 heavy (non-hydrogen) atoms. The summed E-state index contributed by atoms with van der Waals surface area (Å²) in [7, 11) is 0. The standard InChI is InChI=1S/C13H18N2O3/c1-7(2)11(12(14)16)15-10-5-4-9(13(17)18)6-8(10)3/h4-7,11,15H,1-3H3,(H2,14,16)(H,17,18). The average Bonchev–Trinajstić information content (AvgIpc) is 2.25. The molecule has 98 valence electrons. The van der Waals surface area contributed by atoms with E-state index in [0.717, 1.165) is 11.3 Å². The van der Waals surface area contributed by atoms with Crippen LogP contribution in [0.3, 0.4) is 0 Å². The van der Waals surface area contributed by atoms with Gasteiger partial charge in [0.05, 0.1) is 5.56 Å². The predicted molar refractivity (Wildman–Crippen MR) is 69.6 cm³/mol. The van der Waals surface area contributed by atoms with Crippen LogP contribution in [0.4, 0.5) is 5.69 Å². The number of rotatable bonds is 5. The highest BCUT2D eigenvalue weighted by Crippen LogP contribution is 2.19. The number of anilines is 1. The van der Waals surface area contributed by atoms with Gasteiger partial charge in [-0.25, -0.2) is 4.79 Å². The Morgan fingerprint density at radius 3 is 2.33 bits per heavy atom. The summed E-state index contributed by atoms with van der Waals surface area (Å²) in [6, 6.07) is 4.23. The molecule has 0 radical (unpaired) electrons. The summed E-state index contributed by atoms with van der Waals surface area (Å²) in [6.07, 6.45) is 0. The molecule has 0 aliphatic rings.